The average molecular weight is 268 g/mol. The Labute approximate surface area is 111 Å². The molecule has 0 saturated heterocycles. The van der Waals surface area contributed by atoms with Gasteiger partial charge in [-0.1, -0.05) is 18.2 Å². The van der Waals surface area contributed by atoms with Crippen molar-refractivity contribution in [1.29, 1.82) is 0 Å². The van der Waals surface area contributed by atoms with Crippen LogP contribution in [0.15, 0.2) is 18.2 Å². The molecule has 19 heavy (non-hydrogen) atoms. The Morgan fingerprint density at radius 1 is 1.26 bits per heavy atom. The molecule has 1 atom stereocenters. The third kappa shape index (κ3) is 2.46. The highest BCUT2D eigenvalue weighted by atomic mass is 19.3. The number of para-hydroxylation sites is 1. The molecule has 104 valence electrons. The first-order valence-electron chi connectivity index (χ1n) is 6.87. The molecule has 3 rings (SSSR count). The Kier molecular flexibility index (Phi) is 3.21. The van der Waals surface area contributed by atoms with Crippen LogP contribution in [0.5, 0.6) is 5.75 Å². The normalized spacial score (nSPS) is 23.7. The number of benzene rings is 1. The zero-order valence-electron chi connectivity index (χ0n) is 10.7. The summed E-state index contributed by atoms with van der Waals surface area (Å²) in [5.41, 5.74) is 1.88. The van der Waals surface area contributed by atoms with Crippen LogP contribution >= 0.6 is 0 Å². The summed E-state index contributed by atoms with van der Waals surface area (Å²) < 4.78 is 31.9. The molecule has 4 heteroatoms. The Balaban J connectivity index is 1.78. The maximum Gasteiger partial charge on any atom is 0.248 e. The van der Waals surface area contributed by atoms with Gasteiger partial charge in [-0.15, -0.1) is 0 Å². The maximum atomic E-state index is 13.2. The van der Waals surface area contributed by atoms with Crippen LogP contribution in [0.2, 0.25) is 0 Å². The summed E-state index contributed by atoms with van der Waals surface area (Å²) in [7, 11) is 0. The van der Waals surface area contributed by atoms with Gasteiger partial charge in [0.15, 0.2) is 0 Å². The second-order valence-electron chi connectivity index (χ2n) is 5.57. The molecule has 1 aliphatic carbocycles. The first-order chi connectivity index (χ1) is 9.07. The lowest BCUT2D eigenvalue weighted by atomic mass is 9.80. The van der Waals surface area contributed by atoms with E-state index in [1.807, 2.05) is 18.2 Å². The summed E-state index contributed by atoms with van der Waals surface area (Å²) in [4.78, 5) is 0. The van der Waals surface area contributed by atoms with E-state index in [-0.39, 0.29) is 18.8 Å². The number of fused-ring (bicyclic) bond motifs is 1. The first kappa shape index (κ1) is 12.9. The van der Waals surface area contributed by atoms with Crippen LogP contribution < -0.4 is 4.74 Å². The van der Waals surface area contributed by atoms with Gasteiger partial charge in [0.1, 0.15) is 5.75 Å². The Morgan fingerprint density at radius 2 is 2.00 bits per heavy atom. The van der Waals surface area contributed by atoms with Crippen LogP contribution in [-0.4, -0.2) is 17.6 Å². The molecule has 0 radical (unpaired) electrons. The Morgan fingerprint density at radius 3 is 2.74 bits per heavy atom. The van der Waals surface area contributed by atoms with Crippen LogP contribution in [-0.2, 0) is 6.42 Å². The molecule has 2 aliphatic rings. The number of aliphatic hydroxyl groups is 1. The van der Waals surface area contributed by atoms with Gasteiger partial charge in [-0.05, 0) is 24.3 Å². The molecule has 1 fully saturated rings. The lowest BCUT2D eigenvalue weighted by Gasteiger charge is -2.31. The van der Waals surface area contributed by atoms with Gasteiger partial charge < -0.3 is 9.84 Å². The van der Waals surface area contributed by atoms with Crippen molar-refractivity contribution in [3.05, 3.63) is 29.3 Å². The van der Waals surface area contributed by atoms with Gasteiger partial charge in [0.2, 0.25) is 5.92 Å². The van der Waals surface area contributed by atoms with Gasteiger partial charge >= 0.3 is 0 Å². The molecule has 1 saturated carbocycles. The average Bonchev–Trinajstić information content (AvgIpc) is 2.86. The van der Waals surface area contributed by atoms with Crippen molar-refractivity contribution in [1.82, 2.24) is 0 Å². The lowest BCUT2D eigenvalue weighted by Crippen LogP contribution is -2.27. The predicted octanol–water partition coefficient (Wildman–Crippen LogP) is 3.48. The molecule has 0 bridgehead atoms. The standard InChI is InChI=1S/C15H18F2O2/c16-15(17)7-4-10(5-8-15)13(18)12-3-1-2-11-6-9-19-14(11)12/h1-3,10,13,18H,4-9H2. The summed E-state index contributed by atoms with van der Waals surface area (Å²) >= 11 is 0. The van der Waals surface area contributed by atoms with Crippen molar-refractivity contribution in [2.75, 3.05) is 6.61 Å². The zero-order valence-corrected chi connectivity index (χ0v) is 10.7. The van der Waals surface area contributed by atoms with Crippen molar-refractivity contribution < 1.29 is 18.6 Å². The summed E-state index contributed by atoms with van der Waals surface area (Å²) in [6, 6.07) is 5.75. The summed E-state index contributed by atoms with van der Waals surface area (Å²) in [6.07, 6.45) is 0.674. The van der Waals surface area contributed by atoms with Gasteiger partial charge in [0, 0.05) is 24.8 Å². The topological polar surface area (TPSA) is 29.5 Å². The predicted molar refractivity (Wildman–Crippen MR) is 67.5 cm³/mol. The van der Waals surface area contributed by atoms with Crippen LogP contribution in [0.1, 0.15) is 42.9 Å². The second-order valence-corrected chi connectivity index (χ2v) is 5.57. The number of hydrogen-bond donors (Lipinski definition) is 1. The molecule has 0 spiro atoms. The number of hydrogen-bond acceptors (Lipinski definition) is 2. The molecular weight excluding hydrogens is 250 g/mol. The molecule has 1 N–H and O–H groups in total. The lowest BCUT2D eigenvalue weighted by molar-refractivity contribution is -0.0629. The van der Waals surface area contributed by atoms with Gasteiger partial charge in [-0.2, -0.15) is 0 Å². The number of alkyl halides is 2. The Bertz CT molecular complexity index is 463. The van der Waals surface area contributed by atoms with Crippen LogP contribution in [0, 0.1) is 5.92 Å². The fourth-order valence-corrected chi connectivity index (χ4v) is 3.11. The minimum Gasteiger partial charge on any atom is -0.493 e. The molecule has 1 aromatic carbocycles. The smallest absolute Gasteiger partial charge is 0.248 e. The number of halogens is 2. The van der Waals surface area contributed by atoms with Gasteiger partial charge in [0.05, 0.1) is 12.7 Å². The fourth-order valence-electron chi connectivity index (χ4n) is 3.11. The molecular formula is C15H18F2O2. The van der Waals surface area contributed by atoms with Gasteiger partial charge in [-0.25, -0.2) is 8.78 Å². The van der Waals surface area contributed by atoms with Crippen molar-refractivity contribution in [2.45, 2.75) is 44.1 Å². The van der Waals surface area contributed by atoms with Crippen molar-refractivity contribution in [3.63, 3.8) is 0 Å². The largest absolute Gasteiger partial charge is 0.493 e. The molecule has 1 unspecified atom stereocenters. The van der Waals surface area contributed by atoms with Crippen LogP contribution in [0.25, 0.3) is 0 Å². The highest BCUT2D eigenvalue weighted by Crippen LogP contribution is 2.44. The quantitative estimate of drug-likeness (QED) is 0.889. The summed E-state index contributed by atoms with van der Waals surface area (Å²) in [6.45, 7) is 0.641. The van der Waals surface area contributed by atoms with Crippen molar-refractivity contribution >= 4 is 0 Å². The Hall–Kier alpha value is -1.16. The maximum absolute atomic E-state index is 13.2. The minimum atomic E-state index is -2.55. The highest BCUT2D eigenvalue weighted by Gasteiger charge is 2.38. The fraction of sp³-hybridized carbons (Fsp3) is 0.600. The SMILES string of the molecule is OC(c1cccc2c1OCC2)C1CCC(F)(F)CC1. The van der Waals surface area contributed by atoms with Crippen molar-refractivity contribution in [2.24, 2.45) is 5.92 Å². The first-order valence-corrected chi connectivity index (χ1v) is 6.87. The third-order valence-electron chi connectivity index (χ3n) is 4.27. The number of rotatable bonds is 2. The summed E-state index contributed by atoms with van der Waals surface area (Å²) in [5.74, 6) is -1.87. The van der Waals surface area contributed by atoms with E-state index in [1.54, 1.807) is 0 Å². The molecule has 1 aromatic rings. The monoisotopic (exact) mass is 268 g/mol. The van der Waals surface area contributed by atoms with Crippen molar-refractivity contribution in [3.8, 4) is 5.75 Å². The van der Waals surface area contributed by atoms with E-state index in [1.165, 1.54) is 0 Å². The van der Waals surface area contributed by atoms with E-state index in [0.29, 0.717) is 19.4 Å². The number of aliphatic hydroxyl groups excluding tert-OH is 1. The molecule has 0 aromatic heterocycles. The summed E-state index contributed by atoms with van der Waals surface area (Å²) in [5, 5.41) is 10.5. The molecule has 2 nitrogen and oxygen atoms in total. The van der Waals surface area contributed by atoms with E-state index in [4.69, 9.17) is 4.74 Å². The zero-order chi connectivity index (χ0) is 13.5. The van der Waals surface area contributed by atoms with E-state index < -0.39 is 12.0 Å². The van der Waals surface area contributed by atoms with E-state index in [9.17, 15) is 13.9 Å². The highest BCUT2D eigenvalue weighted by molar-refractivity contribution is 5.45. The number of ether oxygens (including phenoxy) is 1. The molecule has 1 heterocycles. The van der Waals surface area contributed by atoms with E-state index in [0.717, 1.165) is 23.3 Å². The van der Waals surface area contributed by atoms with Gasteiger partial charge in [0.25, 0.3) is 0 Å². The van der Waals surface area contributed by atoms with E-state index in [2.05, 4.69) is 0 Å². The molecule has 0 amide bonds. The van der Waals surface area contributed by atoms with E-state index >= 15 is 0 Å². The third-order valence-corrected chi connectivity index (χ3v) is 4.27. The minimum absolute atomic E-state index is 0.0877. The second kappa shape index (κ2) is 4.75. The van der Waals surface area contributed by atoms with Gasteiger partial charge in [-0.3, -0.25) is 0 Å². The van der Waals surface area contributed by atoms with Crippen LogP contribution in [0.3, 0.4) is 0 Å². The van der Waals surface area contributed by atoms with Crippen LogP contribution in [0.4, 0.5) is 8.78 Å². The molecule has 1 aliphatic heterocycles.